The number of aryl methyl sites for hydroxylation is 1. The van der Waals surface area contributed by atoms with Crippen LogP contribution >= 0.6 is 0 Å². The number of nitrogens with zero attached hydrogens (tertiary/aromatic N) is 2. The van der Waals surface area contributed by atoms with Gasteiger partial charge in [-0.15, -0.1) is 0 Å². The van der Waals surface area contributed by atoms with Gasteiger partial charge in [0.1, 0.15) is 5.82 Å². The number of halogens is 3. The van der Waals surface area contributed by atoms with Crippen LogP contribution in [0.4, 0.5) is 41.7 Å². The molecule has 1 aliphatic heterocycles. The lowest BCUT2D eigenvalue weighted by molar-refractivity contribution is -0.192. The molecule has 0 spiro atoms. The average Bonchev–Trinajstić information content (AvgIpc) is 2.87. The molecule has 4 rings (SSSR count). The van der Waals surface area contributed by atoms with Crippen LogP contribution in [0.3, 0.4) is 0 Å². The number of carboxylic acids is 1. The molecule has 1 saturated heterocycles. The third-order valence-electron chi connectivity index (χ3n) is 5.43. The van der Waals surface area contributed by atoms with Gasteiger partial charge in [0.2, 0.25) is 0 Å². The van der Waals surface area contributed by atoms with Crippen LogP contribution in [0.5, 0.6) is 0 Å². The second-order valence-corrected chi connectivity index (χ2v) is 8.13. The summed E-state index contributed by atoms with van der Waals surface area (Å²) in [6.45, 7) is 6.04. The first-order valence-electron chi connectivity index (χ1n) is 11.3. The van der Waals surface area contributed by atoms with Crippen molar-refractivity contribution < 1.29 is 27.9 Å². The van der Waals surface area contributed by atoms with Crippen molar-refractivity contribution in [2.75, 3.05) is 41.7 Å². The summed E-state index contributed by atoms with van der Waals surface area (Å²) in [6, 6.07) is 17.5. The number of pyridine rings is 1. The van der Waals surface area contributed by atoms with Gasteiger partial charge in [-0.2, -0.15) is 13.2 Å². The number of anilines is 5. The summed E-state index contributed by atoms with van der Waals surface area (Å²) in [5, 5.41) is 17.2. The van der Waals surface area contributed by atoms with Gasteiger partial charge >= 0.3 is 12.1 Å². The predicted octanol–water partition coefficient (Wildman–Crippen LogP) is 4.02. The molecule has 9 nitrogen and oxygen atoms in total. The minimum absolute atomic E-state index is 0.451. The smallest absolute Gasteiger partial charge is 0.475 e. The largest absolute Gasteiger partial charge is 0.490 e. The fourth-order valence-electron chi connectivity index (χ4n) is 3.51. The molecule has 2 heterocycles. The van der Waals surface area contributed by atoms with E-state index < -0.39 is 18.1 Å². The Bertz CT molecular complexity index is 1230. The normalized spacial score (nSPS) is 13.2. The summed E-state index contributed by atoms with van der Waals surface area (Å²) >= 11 is 0. The van der Waals surface area contributed by atoms with Crippen LogP contribution in [0.2, 0.25) is 0 Å². The highest BCUT2D eigenvalue weighted by Crippen LogP contribution is 2.27. The van der Waals surface area contributed by atoms with Crippen molar-refractivity contribution in [2.24, 2.45) is 5.73 Å². The van der Waals surface area contributed by atoms with Crippen molar-refractivity contribution in [3.63, 3.8) is 0 Å². The van der Waals surface area contributed by atoms with E-state index in [1.807, 2.05) is 25.1 Å². The highest BCUT2D eigenvalue weighted by Gasteiger charge is 2.38. The zero-order chi connectivity index (χ0) is 27.0. The maximum absolute atomic E-state index is 11.7. The number of nitrogens with one attached hydrogen (secondary N) is 3. The SMILES string of the molecule is Cc1cnc(Nc2ccc(N3CCNCC3)cc2)cc1Nc1ccccc1C(N)=O.O=C(O)C(F)(F)F. The van der Waals surface area contributed by atoms with Crippen LogP contribution in [-0.4, -0.2) is 54.3 Å². The van der Waals surface area contributed by atoms with Gasteiger partial charge in [0.15, 0.2) is 0 Å². The van der Waals surface area contributed by atoms with Crippen molar-refractivity contribution >= 4 is 40.4 Å². The number of carbonyl (C=O) groups is 2. The molecule has 0 bridgehead atoms. The Morgan fingerprint density at radius 2 is 1.65 bits per heavy atom. The number of primary amides is 1. The third-order valence-corrected chi connectivity index (χ3v) is 5.43. The van der Waals surface area contributed by atoms with E-state index in [1.165, 1.54) is 5.69 Å². The molecule has 37 heavy (non-hydrogen) atoms. The van der Waals surface area contributed by atoms with E-state index >= 15 is 0 Å². The topological polar surface area (TPSA) is 133 Å². The monoisotopic (exact) mass is 516 g/mol. The first kappa shape index (κ1) is 27.3. The molecule has 3 aromatic rings. The van der Waals surface area contributed by atoms with E-state index in [-0.39, 0.29) is 0 Å². The molecule has 0 saturated carbocycles. The first-order valence-corrected chi connectivity index (χ1v) is 11.3. The molecule has 0 aliphatic carbocycles. The minimum Gasteiger partial charge on any atom is -0.475 e. The Hall–Kier alpha value is -4.32. The Kier molecular flexibility index (Phi) is 8.90. The fourth-order valence-corrected chi connectivity index (χ4v) is 3.51. The summed E-state index contributed by atoms with van der Waals surface area (Å²) in [4.78, 5) is 27.5. The first-order chi connectivity index (χ1) is 17.5. The highest BCUT2D eigenvalue weighted by molar-refractivity contribution is 5.99. The number of nitrogens with two attached hydrogens (primary N) is 1. The molecule has 1 fully saturated rings. The van der Waals surface area contributed by atoms with Crippen LogP contribution in [0.25, 0.3) is 0 Å². The fraction of sp³-hybridized carbons (Fsp3) is 0.240. The quantitative estimate of drug-likeness (QED) is 0.332. The van der Waals surface area contributed by atoms with E-state index in [4.69, 9.17) is 15.6 Å². The summed E-state index contributed by atoms with van der Waals surface area (Å²) in [6.07, 6.45) is -3.29. The number of benzene rings is 2. The molecule has 0 unspecified atom stereocenters. The molecule has 196 valence electrons. The van der Waals surface area contributed by atoms with Crippen LogP contribution in [0.15, 0.2) is 60.8 Å². The summed E-state index contributed by atoms with van der Waals surface area (Å²) in [7, 11) is 0. The molecule has 0 atom stereocenters. The van der Waals surface area contributed by atoms with E-state index in [0.29, 0.717) is 11.3 Å². The molecule has 1 aliphatic rings. The van der Waals surface area contributed by atoms with Crippen LogP contribution in [0, 0.1) is 6.92 Å². The third kappa shape index (κ3) is 7.84. The van der Waals surface area contributed by atoms with E-state index in [0.717, 1.165) is 48.9 Å². The lowest BCUT2D eigenvalue weighted by Crippen LogP contribution is -2.43. The average molecular weight is 517 g/mol. The van der Waals surface area contributed by atoms with Crippen LogP contribution < -0.4 is 26.6 Å². The molecule has 1 amide bonds. The van der Waals surface area contributed by atoms with Crippen LogP contribution in [-0.2, 0) is 4.79 Å². The van der Waals surface area contributed by atoms with Gasteiger partial charge in [-0.3, -0.25) is 4.79 Å². The Labute approximate surface area is 211 Å². The Morgan fingerprint density at radius 1 is 1.03 bits per heavy atom. The van der Waals surface area contributed by atoms with E-state index in [2.05, 4.69) is 50.1 Å². The summed E-state index contributed by atoms with van der Waals surface area (Å²) in [5.74, 6) is -2.50. The van der Waals surface area contributed by atoms with Gasteiger partial charge in [0.25, 0.3) is 5.91 Å². The van der Waals surface area contributed by atoms with Gasteiger partial charge in [-0.05, 0) is 48.9 Å². The molecule has 12 heteroatoms. The second kappa shape index (κ2) is 12.1. The number of aromatic nitrogens is 1. The van der Waals surface area contributed by atoms with Gasteiger partial charge in [-0.25, -0.2) is 9.78 Å². The van der Waals surface area contributed by atoms with Gasteiger partial charge in [0.05, 0.1) is 11.3 Å². The molecule has 6 N–H and O–H groups in total. The number of hydrogen-bond acceptors (Lipinski definition) is 7. The van der Waals surface area contributed by atoms with Crippen molar-refractivity contribution in [3.8, 4) is 0 Å². The number of carbonyl (C=O) groups excluding carboxylic acids is 1. The second-order valence-electron chi connectivity index (χ2n) is 8.13. The number of hydrogen-bond donors (Lipinski definition) is 5. The van der Waals surface area contributed by atoms with E-state index in [9.17, 15) is 18.0 Å². The number of rotatable bonds is 6. The van der Waals surface area contributed by atoms with Gasteiger partial charge in [0, 0.05) is 55.5 Å². The molecule has 1 aromatic heterocycles. The van der Waals surface area contributed by atoms with Gasteiger partial charge < -0.3 is 31.7 Å². The molecular weight excluding hydrogens is 489 g/mol. The molecular formula is C25H27F3N6O3. The minimum atomic E-state index is -5.08. The Morgan fingerprint density at radius 3 is 2.24 bits per heavy atom. The number of alkyl halides is 3. The highest BCUT2D eigenvalue weighted by atomic mass is 19.4. The molecule has 0 radical (unpaired) electrons. The van der Waals surface area contributed by atoms with E-state index in [1.54, 1.807) is 18.3 Å². The zero-order valence-corrected chi connectivity index (χ0v) is 20.0. The maximum atomic E-state index is 11.7. The zero-order valence-electron chi connectivity index (χ0n) is 20.0. The molecule has 2 aromatic carbocycles. The number of para-hydroxylation sites is 1. The summed E-state index contributed by atoms with van der Waals surface area (Å²) in [5.41, 5.74) is 10.6. The number of carboxylic acid groups (broad SMARTS) is 1. The van der Waals surface area contributed by atoms with Crippen molar-refractivity contribution in [2.45, 2.75) is 13.1 Å². The van der Waals surface area contributed by atoms with Crippen molar-refractivity contribution in [1.82, 2.24) is 10.3 Å². The number of aliphatic carboxylic acids is 1. The number of piperazine rings is 1. The van der Waals surface area contributed by atoms with Crippen molar-refractivity contribution in [3.05, 3.63) is 71.9 Å². The maximum Gasteiger partial charge on any atom is 0.490 e. The van der Waals surface area contributed by atoms with Crippen LogP contribution in [0.1, 0.15) is 15.9 Å². The van der Waals surface area contributed by atoms with Crippen molar-refractivity contribution in [1.29, 1.82) is 0 Å². The predicted molar refractivity (Wildman–Crippen MR) is 136 cm³/mol. The number of amides is 1. The Balaban J connectivity index is 0.000000479. The van der Waals surface area contributed by atoms with Gasteiger partial charge in [-0.1, -0.05) is 12.1 Å². The standard InChI is InChI=1S/C23H26N6O.C2HF3O2/c1-16-15-26-22(14-21(16)28-20-5-3-2-4-19(20)23(24)30)27-17-6-8-18(9-7-17)29-12-10-25-11-13-29;3-2(4,5)1(6)7/h2-9,14-15,25H,10-13H2,1H3,(H2,24,30)(H2,26,27,28);(H,6,7). The summed E-state index contributed by atoms with van der Waals surface area (Å²) < 4.78 is 31.7. The lowest BCUT2D eigenvalue weighted by atomic mass is 10.1. The lowest BCUT2D eigenvalue weighted by Gasteiger charge is -2.29.